The molecule has 10 heteroatoms. The van der Waals surface area contributed by atoms with Crippen molar-refractivity contribution in [2.24, 2.45) is 0 Å². The van der Waals surface area contributed by atoms with Crippen LogP contribution < -0.4 is 4.74 Å². The topological polar surface area (TPSA) is 39.2 Å². The molecule has 0 atom stereocenters. The molecule has 1 heterocycles. The van der Waals surface area contributed by atoms with Gasteiger partial charge in [-0.15, -0.1) is 13.2 Å². The summed E-state index contributed by atoms with van der Waals surface area (Å²) < 4.78 is 77.2. The summed E-state index contributed by atoms with van der Waals surface area (Å²) >= 11 is 2.71. The Kier molecular flexibility index (Phi) is 4.43. The molecule has 1 rings (SSSR count). The Hall–Kier alpha value is -1.32. The summed E-state index contributed by atoms with van der Waals surface area (Å²) in [7, 11) is 0. The van der Waals surface area contributed by atoms with Crippen LogP contribution in [0.1, 0.15) is 21.6 Å². The number of hydrogen-bond acceptors (Lipinski definition) is 3. The highest BCUT2D eigenvalue weighted by Crippen LogP contribution is 2.36. The summed E-state index contributed by atoms with van der Waals surface area (Å²) in [6.45, 7) is 0. The Morgan fingerprint density at radius 1 is 1.26 bits per heavy atom. The second kappa shape index (κ2) is 5.35. The summed E-state index contributed by atoms with van der Waals surface area (Å²) in [5, 5.41) is -0.432. The number of aromatic nitrogens is 1. The molecule has 0 aliphatic rings. The predicted molar refractivity (Wildman–Crippen MR) is 53.9 cm³/mol. The van der Waals surface area contributed by atoms with Crippen molar-refractivity contribution in [3.63, 3.8) is 0 Å². The summed E-state index contributed by atoms with van der Waals surface area (Å²) in [5.74, 6) is -0.959. The van der Waals surface area contributed by atoms with Crippen LogP contribution in [-0.4, -0.2) is 17.6 Å². The maximum absolute atomic E-state index is 12.5. The second-order valence-corrected chi connectivity index (χ2v) is 3.72. The maximum Gasteiger partial charge on any atom is 0.573 e. The van der Waals surface area contributed by atoms with E-state index in [1.165, 1.54) is 0 Å². The quantitative estimate of drug-likeness (QED) is 0.473. The Balaban J connectivity index is 3.43. The van der Waals surface area contributed by atoms with Gasteiger partial charge in [0.15, 0.2) is 17.7 Å². The van der Waals surface area contributed by atoms with E-state index >= 15 is 0 Å². The van der Waals surface area contributed by atoms with Gasteiger partial charge in [-0.05, 0) is 0 Å². The van der Waals surface area contributed by atoms with Gasteiger partial charge in [-0.2, -0.15) is 13.2 Å². The molecule has 19 heavy (non-hydrogen) atoms. The number of hydrogen-bond donors (Lipinski definition) is 0. The summed E-state index contributed by atoms with van der Waals surface area (Å²) in [6.07, 6.45) is -9.99. The lowest BCUT2D eigenvalue weighted by Gasteiger charge is -2.16. The molecule has 3 nitrogen and oxygen atoms in total. The minimum Gasteiger partial charge on any atom is -0.404 e. The van der Waals surface area contributed by atoms with Gasteiger partial charge in [-0.25, -0.2) is 4.98 Å². The highest BCUT2D eigenvalue weighted by Gasteiger charge is 2.39. The van der Waals surface area contributed by atoms with Gasteiger partial charge in [0.05, 0.1) is 11.8 Å². The van der Waals surface area contributed by atoms with Crippen molar-refractivity contribution in [1.82, 2.24) is 4.98 Å². The molecule has 106 valence electrons. The molecule has 0 fully saturated rings. The van der Waals surface area contributed by atoms with Crippen LogP contribution in [0.4, 0.5) is 26.3 Å². The first-order chi connectivity index (χ1) is 8.60. The maximum atomic E-state index is 12.5. The highest BCUT2D eigenvalue weighted by molar-refractivity contribution is 9.08. The van der Waals surface area contributed by atoms with Gasteiger partial charge in [-0.1, -0.05) is 15.9 Å². The van der Waals surface area contributed by atoms with Gasteiger partial charge >= 0.3 is 12.5 Å². The molecule has 0 aliphatic heterocycles. The highest BCUT2D eigenvalue weighted by atomic mass is 79.9. The van der Waals surface area contributed by atoms with E-state index in [2.05, 4.69) is 25.7 Å². The van der Waals surface area contributed by atoms with E-state index in [0.29, 0.717) is 0 Å². The van der Waals surface area contributed by atoms with E-state index in [4.69, 9.17) is 0 Å². The van der Waals surface area contributed by atoms with Gasteiger partial charge in [0.25, 0.3) is 0 Å². The van der Waals surface area contributed by atoms with Crippen LogP contribution in [-0.2, 0) is 11.5 Å². The molecule has 1 aromatic rings. The van der Waals surface area contributed by atoms with E-state index < -0.39 is 40.4 Å². The third-order valence-corrected chi connectivity index (χ3v) is 2.49. The van der Waals surface area contributed by atoms with E-state index in [9.17, 15) is 31.1 Å². The number of carbonyl (C=O) groups is 1. The second-order valence-electron chi connectivity index (χ2n) is 3.16. The number of ether oxygens (including phenoxy) is 1. The summed E-state index contributed by atoms with van der Waals surface area (Å²) in [5.41, 5.74) is -3.13. The smallest absolute Gasteiger partial charge is 0.404 e. The van der Waals surface area contributed by atoms with E-state index in [1.807, 2.05) is 0 Å². The van der Waals surface area contributed by atoms with Gasteiger partial charge in [0.1, 0.15) is 0 Å². The van der Waals surface area contributed by atoms with Gasteiger partial charge in [0.2, 0.25) is 0 Å². The molecular weight excluding hydrogens is 348 g/mol. The first-order valence-electron chi connectivity index (χ1n) is 4.46. The Morgan fingerprint density at radius 2 is 1.84 bits per heavy atom. The molecule has 1 aromatic heterocycles. The molecule has 0 saturated heterocycles. The summed E-state index contributed by atoms with van der Waals surface area (Å²) in [6, 6.07) is 0. The van der Waals surface area contributed by atoms with Crippen molar-refractivity contribution in [3.05, 3.63) is 23.0 Å². The predicted octanol–water partition coefficient (Wildman–Crippen LogP) is 3.71. The van der Waals surface area contributed by atoms with Crippen LogP contribution >= 0.6 is 15.9 Å². The average molecular weight is 352 g/mol. The minimum absolute atomic E-state index is 0.213. The molecule has 0 bridgehead atoms. The van der Waals surface area contributed by atoms with Crippen molar-refractivity contribution in [2.75, 3.05) is 0 Å². The fourth-order valence-electron chi connectivity index (χ4n) is 1.25. The van der Waals surface area contributed by atoms with Crippen molar-refractivity contribution in [2.45, 2.75) is 17.9 Å². The van der Waals surface area contributed by atoms with Gasteiger partial charge in [-0.3, -0.25) is 4.79 Å². The molecule has 0 radical (unpaired) electrons. The fraction of sp³-hybridized carbons (Fsp3) is 0.333. The molecule has 0 spiro atoms. The molecule has 0 N–H and O–H groups in total. The van der Waals surface area contributed by atoms with Crippen molar-refractivity contribution >= 4 is 22.2 Å². The zero-order valence-corrected chi connectivity index (χ0v) is 10.4. The number of aldehydes is 1. The number of carbonyl (C=O) groups excluding carboxylic acids is 1. The normalized spacial score (nSPS) is 12.4. The molecular formula is C9H4BrF6NO2. The Labute approximate surface area is 110 Å². The van der Waals surface area contributed by atoms with Crippen LogP contribution in [0.2, 0.25) is 0 Å². The lowest BCUT2D eigenvalue weighted by molar-refractivity contribution is -0.275. The first kappa shape index (κ1) is 15.7. The number of alkyl halides is 7. The van der Waals surface area contributed by atoms with Crippen molar-refractivity contribution < 1.29 is 35.9 Å². The standard InChI is InChI=1S/C9H4BrF6NO2/c10-1-4-5(3-18)7(8(11,12)13)17-2-6(4)19-9(14,15)16/h2-3H,1H2. The number of pyridine rings is 1. The van der Waals surface area contributed by atoms with Crippen LogP contribution in [0.3, 0.4) is 0 Å². The largest absolute Gasteiger partial charge is 0.573 e. The molecule has 0 amide bonds. The lowest BCUT2D eigenvalue weighted by atomic mass is 10.1. The Morgan fingerprint density at radius 3 is 2.21 bits per heavy atom. The third kappa shape index (κ3) is 3.82. The number of rotatable bonds is 3. The minimum atomic E-state index is -5.10. The van der Waals surface area contributed by atoms with Crippen molar-refractivity contribution in [1.29, 1.82) is 0 Å². The SMILES string of the molecule is O=Cc1c(C(F)(F)F)ncc(OC(F)(F)F)c1CBr. The van der Waals surface area contributed by atoms with E-state index in [1.54, 1.807) is 0 Å². The number of nitrogens with zero attached hydrogens (tertiary/aromatic N) is 1. The van der Waals surface area contributed by atoms with Crippen LogP contribution in [0, 0.1) is 0 Å². The molecule has 0 aromatic carbocycles. The third-order valence-electron chi connectivity index (χ3n) is 1.93. The van der Waals surface area contributed by atoms with Crippen molar-refractivity contribution in [3.8, 4) is 5.75 Å². The van der Waals surface area contributed by atoms with Crippen LogP contribution in [0.25, 0.3) is 0 Å². The van der Waals surface area contributed by atoms with Gasteiger partial charge < -0.3 is 4.74 Å². The zero-order valence-electron chi connectivity index (χ0n) is 8.77. The molecule has 0 aliphatic carbocycles. The van der Waals surface area contributed by atoms with Gasteiger partial charge in [0, 0.05) is 10.9 Å². The average Bonchev–Trinajstić information content (AvgIpc) is 2.24. The van der Waals surface area contributed by atoms with Crippen LogP contribution in [0.15, 0.2) is 6.20 Å². The number of halogens is 7. The lowest BCUT2D eigenvalue weighted by Crippen LogP contribution is -2.20. The zero-order chi connectivity index (χ0) is 14.8. The van der Waals surface area contributed by atoms with E-state index in [0.717, 1.165) is 0 Å². The van der Waals surface area contributed by atoms with Crippen LogP contribution in [0.5, 0.6) is 5.75 Å². The van der Waals surface area contributed by atoms with E-state index in [-0.39, 0.29) is 12.5 Å². The monoisotopic (exact) mass is 351 g/mol. The first-order valence-corrected chi connectivity index (χ1v) is 5.58. The molecule has 0 saturated carbocycles. The fourth-order valence-corrected chi connectivity index (χ4v) is 1.83. The summed E-state index contributed by atoms with van der Waals surface area (Å²) in [4.78, 5) is 13.5. The Bertz CT molecular complexity index is 485. The molecule has 0 unspecified atom stereocenters.